The fourth-order valence-electron chi connectivity index (χ4n) is 1.32. The van der Waals surface area contributed by atoms with Crippen molar-refractivity contribution in [1.82, 2.24) is 4.98 Å². The molecule has 1 aromatic carbocycles. The van der Waals surface area contributed by atoms with Gasteiger partial charge in [0.2, 0.25) is 0 Å². The second-order valence-corrected chi connectivity index (χ2v) is 3.33. The molecule has 0 bridgehead atoms. The van der Waals surface area contributed by atoms with Crippen LogP contribution in [0.5, 0.6) is 11.5 Å². The maximum Gasteiger partial charge on any atom is 0.191 e. The van der Waals surface area contributed by atoms with E-state index in [1.54, 1.807) is 20.3 Å². The minimum atomic E-state index is 0.393. The molecule has 4 nitrogen and oxygen atoms in total. The van der Waals surface area contributed by atoms with Gasteiger partial charge < -0.3 is 13.9 Å². The molecular weight excluding hydrogens is 206 g/mol. The number of rotatable bonds is 4. The van der Waals surface area contributed by atoms with Crippen molar-refractivity contribution in [3.63, 3.8) is 0 Å². The van der Waals surface area contributed by atoms with Crippen molar-refractivity contribution in [2.75, 3.05) is 7.11 Å². The SMILES string of the molecule is COc1cccc(OCc2coc(C)n2)c1. The predicted octanol–water partition coefficient (Wildman–Crippen LogP) is 2.57. The molecule has 0 radical (unpaired) electrons. The Labute approximate surface area is 93.8 Å². The van der Waals surface area contributed by atoms with Gasteiger partial charge in [0.15, 0.2) is 5.89 Å². The van der Waals surface area contributed by atoms with Crippen LogP contribution in [-0.2, 0) is 6.61 Å². The van der Waals surface area contributed by atoms with Gasteiger partial charge in [-0.05, 0) is 12.1 Å². The van der Waals surface area contributed by atoms with Gasteiger partial charge in [-0.3, -0.25) is 0 Å². The van der Waals surface area contributed by atoms with Crippen LogP contribution in [0.15, 0.2) is 34.9 Å². The molecule has 0 fully saturated rings. The lowest BCUT2D eigenvalue weighted by molar-refractivity contribution is 0.298. The molecule has 0 aliphatic rings. The third-order valence-corrected chi connectivity index (χ3v) is 2.09. The molecule has 4 heteroatoms. The lowest BCUT2D eigenvalue weighted by atomic mass is 10.3. The lowest BCUT2D eigenvalue weighted by Crippen LogP contribution is -1.96. The number of benzene rings is 1. The lowest BCUT2D eigenvalue weighted by Gasteiger charge is -2.05. The van der Waals surface area contributed by atoms with E-state index in [4.69, 9.17) is 13.9 Å². The summed E-state index contributed by atoms with van der Waals surface area (Å²) in [6, 6.07) is 7.44. The van der Waals surface area contributed by atoms with Gasteiger partial charge in [0, 0.05) is 13.0 Å². The normalized spacial score (nSPS) is 10.1. The molecule has 0 saturated heterocycles. The van der Waals surface area contributed by atoms with E-state index in [1.807, 2.05) is 24.3 Å². The van der Waals surface area contributed by atoms with E-state index in [9.17, 15) is 0 Å². The van der Waals surface area contributed by atoms with E-state index < -0.39 is 0 Å². The van der Waals surface area contributed by atoms with Crippen molar-refractivity contribution < 1.29 is 13.9 Å². The quantitative estimate of drug-likeness (QED) is 0.792. The monoisotopic (exact) mass is 219 g/mol. The molecule has 1 heterocycles. The fourth-order valence-corrected chi connectivity index (χ4v) is 1.32. The van der Waals surface area contributed by atoms with E-state index in [1.165, 1.54) is 0 Å². The van der Waals surface area contributed by atoms with Crippen LogP contribution in [-0.4, -0.2) is 12.1 Å². The Hall–Kier alpha value is -1.97. The number of hydrogen-bond acceptors (Lipinski definition) is 4. The average molecular weight is 219 g/mol. The number of aryl methyl sites for hydroxylation is 1. The summed E-state index contributed by atoms with van der Waals surface area (Å²) in [7, 11) is 1.63. The largest absolute Gasteiger partial charge is 0.497 e. The van der Waals surface area contributed by atoms with Crippen LogP contribution in [0, 0.1) is 6.92 Å². The van der Waals surface area contributed by atoms with Crippen LogP contribution < -0.4 is 9.47 Å². The Balaban J connectivity index is 1.99. The van der Waals surface area contributed by atoms with E-state index in [-0.39, 0.29) is 0 Å². The second kappa shape index (κ2) is 4.70. The summed E-state index contributed by atoms with van der Waals surface area (Å²) in [6.45, 7) is 2.19. The van der Waals surface area contributed by atoms with Crippen molar-refractivity contribution in [3.8, 4) is 11.5 Å². The molecule has 16 heavy (non-hydrogen) atoms. The number of nitrogens with zero attached hydrogens (tertiary/aromatic N) is 1. The van der Waals surface area contributed by atoms with Crippen molar-refractivity contribution in [2.24, 2.45) is 0 Å². The summed E-state index contributed by atoms with van der Waals surface area (Å²) < 4.78 is 15.7. The molecule has 1 aromatic heterocycles. The first kappa shape index (κ1) is 10.5. The Morgan fingerprint density at radius 2 is 2.12 bits per heavy atom. The predicted molar refractivity (Wildman–Crippen MR) is 58.6 cm³/mol. The van der Waals surface area contributed by atoms with Crippen molar-refractivity contribution in [1.29, 1.82) is 0 Å². The number of ether oxygens (including phenoxy) is 2. The van der Waals surface area contributed by atoms with Crippen molar-refractivity contribution in [3.05, 3.63) is 42.1 Å². The molecule has 0 atom stereocenters. The number of oxazole rings is 1. The first-order valence-corrected chi connectivity index (χ1v) is 4.96. The number of aromatic nitrogens is 1. The maximum atomic E-state index is 5.55. The molecule has 0 amide bonds. The molecule has 0 spiro atoms. The number of methoxy groups -OCH3 is 1. The third kappa shape index (κ3) is 2.53. The molecule has 0 aliphatic heterocycles. The zero-order chi connectivity index (χ0) is 11.4. The first-order valence-electron chi connectivity index (χ1n) is 4.96. The number of hydrogen-bond donors (Lipinski definition) is 0. The van der Waals surface area contributed by atoms with E-state index in [2.05, 4.69) is 4.98 Å². The van der Waals surface area contributed by atoms with Crippen LogP contribution in [0.1, 0.15) is 11.6 Å². The topological polar surface area (TPSA) is 44.5 Å². The second-order valence-electron chi connectivity index (χ2n) is 3.33. The van der Waals surface area contributed by atoms with Gasteiger partial charge in [-0.15, -0.1) is 0 Å². The summed E-state index contributed by atoms with van der Waals surface area (Å²) in [5, 5.41) is 0. The summed E-state index contributed by atoms with van der Waals surface area (Å²) >= 11 is 0. The molecule has 2 rings (SSSR count). The Kier molecular flexibility index (Phi) is 3.10. The minimum absolute atomic E-state index is 0.393. The highest BCUT2D eigenvalue weighted by Gasteiger charge is 2.01. The molecule has 0 N–H and O–H groups in total. The Morgan fingerprint density at radius 3 is 2.81 bits per heavy atom. The first-order chi connectivity index (χ1) is 7.78. The van der Waals surface area contributed by atoms with E-state index in [0.717, 1.165) is 17.2 Å². The maximum absolute atomic E-state index is 5.55. The minimum Gasteiger partial charge on any atom is -0.497 e. The van der Waals surface area contributed by atoms with Gasteiger partial charge in [-0.25, -0.2) is 4.98 Å². The van der Waals surface area contributed by atoms with Gasteiger partial charge in [0.25, 0.3) is 0 Å². The smallest absolute Gasteiger partial charge is 0.191 e. The van der Waals surface area contributed by atoms with Crippen molar-refractivity contribution in [2.45, 2.75) is 13.5 Å². The van der Waals surface area contributed by atoms with Crippen LogP contribution in [0.3, 0.4) is 0 Å². The molecule has 84 valence electrons. The summed E-state index contributed by atoms with van der Waals surface area (Å²) in [5.74, 6) is 2.16. The fraction of sp³-hybridized carbons (Fsp3) is 0.250. The average Bonchev–Trinajstić information content (AvgIpc) is 2.73. The highest BCUT2D eigenvalue weighted by molar-refractivity contribution is 5.32. The van der Waals surface area contributed by atoms with Crippen LogP contribution >= 0.6 is 0 Å². The van der Waals surface area contributed by atoms with Crippen LogP contribution in [0.2, 0.25) is 0 Å². The molecule has 0 aliphatic carbocycles. The third-order valence-electron chi connectivity index (χ3n) is 2.09. The van der Waals surface area contributed by atoms with Gasteiger partial charge in [-0.2, -0.15) is 0 Å². The summed E-state index contributed by atoms with van der Waals surface area (Å²) in [5.41, 5.74) is 0.778. The molecule has 2 aromatic rings. The molecule has 0 saturated carbocycles. The zero-order valence-corrected chi connectivity index (χ0v) is 9.27. The molecular formula is C12H13NO3. The van der Waals surface area contributed by atoms with Crippen LogP contribution in [0.25, 0.3) is 0 Å². The molecule has 0 unspecified atom stereocenters. The Morgan fingerprint density at radius 1 is 1.31 bits per heavy atom. The highest BCUT2D eigenvalue weighted by Crippen LogP contribution is 2.19. The van der Waals surface area contributed by atoms with Gasteiger partial charge in [-0.1, -0.05) is 6.07 Å². The van der Waals surface area contributed by atoms with Gasteiger partial charge in [0.1, 0.15) is 30.1 Å². The van der Waals surface area contributed by atoms with Crippen LogP contribution in [0.4, 0.5) is 0 Å². The Bertz CT molecular complexity index is 465. The van der Waals surface area contributed by atoms with E-state index in [0.29, 0.717) is 12.5 Å². The summed E-state index contributed by atoms with van der Waals surface area (Å²) in [6.07, 6.45) is 1.59. The zero-order valence-electron chi connectivity index (χ0n) is 9.27. The summed E-state index contributed by atoms with van der Waals surface area (Å²) in [4.78, 5) is 4.15. The van der Waals surface area contributed by atoms with Crippen molar-refractivity contribution >= 4 is 0 Å². The van der Waals surface area contributed by atoms with E-state index >= 15 is 0 Å². The highest BCUT2D eigenvalue weighted by atomic mass is 16.5. The van der Waals surface area contributed by atoms with Gasteiger partial charge >= 0.3 is 0 Å². The van der Waals surface area contributed by atoms with Gasteiger partial charge in [0.05, 0.1) is 7.11 Å². The standard InChI is InChI=1S/C12H13NO3/c1-9-13-10(7-15-9)8-16-12-5-3-4-11(6-12)14-2/h3-7H,8H2,1-2H3.